The quantitative estimate of drug-likeness (QED) is 0.755. The Morgan fingerprint density at radius 3 is 2.71 bits per heavy atom. The lowest BCUT2D eigenvalue weighted by Gasteiger charge is -2.10. The Labute approximate surface area is 106 Å². The summed E-state index contributed by atoms with van der Waals surface area (Å²) in [5, 5.41) is 3.22. The van der Waals surface area contributed by atoms with Gasteiger partial charge in [0.1, 0.15) is 5.75 Å². The van der Waals surface area contributed by atoms with Gasteiger partial charge in [-0.05, 0) is 30.5 Å². The number of nitrogens with two attached hydrogens (primary N) is 1. The molecule has 0 saturated carbocycles. The fourth-order valence-electron chi connectivity index (χ4n) is 1.10. The minimum atomic E-state index is -0.109. The van der Waals surface area contributed by atoms with Crippen LogP contribution >= 0.6 is 11.8 Å². The molecular weight excluding hydrogens is 236 g/mol. The summed E-state index contributed by atoms with van der Waals surface area (Å²) >= 11 is 1.71. The van der Waals surface area contributed by atoms with Crippen molar-refractivity contribution < 1.29 is 9.53 Å². The van der Waals surface area contributed by atoms with Crippen LogP contribution in [-0.4, -0.2) is 30.6 Å². The third kappa shape index (κ3) is 5.49. The number of carbonyl (C=O) groups is 1. The molecule has 1 unspecified atom stereocenters. The van der Waals surface area contributed by atoms with E-state index in [0.29, 0.717) is 23.2 Å². The topological polar surface area (TPSA) is 64.3 Å². The number of hydrogen-bond donors (Lipinski definition) is 2. The Bertz CT molecular complexity index is 354. The fourth-order valence-corrected chi connectivity index (χ4v) is 1.35. The molecule has 0 saturated heterocycles. The first-order valence-corrected chi connectivity index (χ1v) is 6.68. The van der Waals surface area contributed by atoms with Crippen LogP contribution in [0.2, 0.25) is 0 Å². The molecular formula is C12H18N2O2S. The van der Waals surface area contributed by atoms with Gasteiger partial charge >= 0.3 is 0 Å². The van der Waals surface area contributed by atoms with Crippen molar-refractivity contribution in [2.75, 3.05) is 25.1 Å². The van der Waals surface area contributed by atoms with Gasteiger partial charge in [0.05, 0.1) is 0 Å². The van der Waals surface area contributed by atoms with E-state index in [2.05, 4.69) is 12.2 Å². The van der Waals surface area contributed by atoms with E-state index in [-0.39, 0.29) is 12.5 Å². The highest BCUT2D eigenvalue weighted by molar-refractivity contribution is 7.99. The maximum absolute atomic E-state index is 11.4. The molecule has 4 nitrogen and oxygen atoms in total. The Hall–Kier alpha value is -1.36. The van der Waals surface area contributed by atoms with Gasteiger partial charge in [-0.2, -0.15) is 11.8 Å². The van der Waals surface area contributed by atoms with E-state index in [9.17, 15) is 4.79 Å². The Kier molecular flexibility index (Phi) is 5.69. The Balaban J connectivity index is 2.26. The molecule has 94 valence electrons. The number of nitrogens with one attached hydrogen (secondary N) is 1. The van der Waals surface area contributed by atoms with E-state index in [1.807, 2.05) is 6.26 Å². The second kappa shape index (κ2) is 7.06. The number of amides is 1. The number of nitrogen functional groups attached to an aromatic ring is 1. The van der Waals surface area contributed by atoms with Crippen molar-refractivity contribution in [3.05, 3.63) is 24.3 Å². The third-order valence-corrected chi connectivity index (χ3v) is 3.21. The smallest absolute Gasteiger partial charge is 0.257 e. The van der Waals surface area contributed by atoms with Crippen molar-refractivity contribution in [2.24, 2.45) is 0 Å². The van der Waals surface area contributed by atoms with Crippen molar-refractivity contribution in [3.63, 3.8) is 0 Å². The average Bonchev–Trinajstić information content (AvgIpc) is 2.35. The highest BCUT2D eigenvalue weighted by atomic mass is 32.2. The molecule has 0 aliphatic heterocycles. The minimum Gasteiger partial charge on any atom is -0.484 e. The van der Waals surface area contributed by atoms with Gasteiger partial charge in [-0.1, -0.05) is 6.92 Å². The van der Waals surface area contributed by atoms with Crippen molar-refractivity contribution in [2.45, 2.75) is 12.2 Å². The summed E-state index contributed by atoms with van der Waals surface area (Å²) in [7, 11) is 0. The summed E-state index contributed by atoms with van der Waals surface area (Å²) in [5.74, 6) is 0.537. The zero-order valence-corrected chi connectivity index (χ0v) is 10.9. The van der Waals surface area contributed by atoms with E-state index in [0.717, 1.165) is 0 Å². The predicted molar refractivity (Wildman–Crippen MR) is 72.3 cm³/mol. The number of thioether (sulfide) groups is 1. The third-order valence-electron chi connectivity index (χ3n) is 2.24. The largest absolute Gasteiger partial charge is 0.484 e. The van der Waals surface area contributed by atoms with E-state index in [1.165, 1.54) is 0 Å². The van der Waals surface area contributed by atoms with Crippen molar-refractivity contribution in [1.82, 2.24) is 5.32 Å². The summed E-state index contributed by atoms with van der Waals surface area (Å²) in [6.45, 7) is 2.75. The molecule has 0 fully saturated rings. The van der Waals surface area contributed by atoms with Crippen LogP contribution in [0.5, 0.6) is 5.75 Å². The molecule has 5 heteroatoms. The normalized spacial score (nSPS) is 11.9. The number of benzene rings is 1. The van der Waals surface area contributed by atoms with Crippen LogP contribution in [0.1, 0.15) is 6.92 Å². The number of rotatable bonds is 6. The van der Waals surface area contributed by atoms with Crippen LogP contribution in [0, 0.1) is 0 Å². The van der Waals surface area contributed by atoms with Crippen molar-refractivity contribution in [1.29, 1.82) is 0 Å². The molecule has 1 aromatic rings. The molecule has 1 aromatic carbocycles. The van der Waals surface area contributed by atoms with Crippen molar-refractivity contribution in [3.8, 4) is 5.75 Å². The highest BCUT2D eigenvalue weighted by Crippen LogP contribution is 2.12. The van der Waals surface area contributed by atoms with Crippen LogP contribution < -0.4 is 15.8 Å². The molecule has 0 bridgehead atoms. The first kappa shape index (κ1) is 13.7. The summed E-state index contributed by atoms with van der Waals surface area (Å²) in [5.41, 5.74) is 6.22. The molecule has 1 rings (SSSR count). The lowest BCUT2D eigenvalue weighted by molar-refractivity contribution is -0.123. The Morgan fingerprint density at radius 2 is 2.12 bits per heavy atom. The van der Waals surface area contributed by atoms with E-state index in [1.54, 1.807) is 36.0 Å². The molecule has 17 heavy (non-hydrogen) atoms. The summed E-state index contributed by atoms with van der Waals surface area (Å²) < 4.78 is 5.31. The minimum absolute atomic E-state index is 0.0328. The molecule has 0 spiro atoms. The zero-order valence-electron chi connectivity index (χ0n) is 10.1. The van der Waals surface area contributed by atoms with Crippen LogP contribution in [0.4, 0.5) is 5.69 Å². The molecule has 3 N–H and O–H groups in total. The average molecular weight is 254 g/mol. The second-order valence-corrected chi connectivity index (χ2v) is 4.98. The molecule has 0 heterocycles. The summed E-state index contributed by atoms with van der Waals surface area (Å²) in [6.07, 6.45) is 2.02. The van der Waals surface area contributed by atoms with Gasteiger partial charge in [-0.3, -0.25) is 4.79 Å². The van der Waals surface area contributed by atoms with Gasteiger partial charge in [0.25, 0.3) is 5.91 Å². The lowest BCUT2D eigenvalue weighted by atomic mass is 10.3. The Morgan fingerprint density at radius 1 is 1.47 bits per heavy atom. The molecule has 0 radical (unpaired) electrons. The van der Waals surface area contributed by atoms with Gasteiger partial charge in [0.2, 0.25) is 0 Å². The van der Waals surface area contributed by atoms with Gasteiger partial charge < -0.3 is 15.8 Å². The molecule has 0 aliphatic carbocycles. The van der Waals surface area contributed by atoms with Gasteiger partial charge in [0, 0.05) is 17.5 Å². The number of hydrogen-bond acceptors (Lipinski definition) is 4. The SMILES string of the molecule is CSC(C)CNC(=O)COc1ccc(N)cc1. The second-order valence-electron chi connectivity index (χ2n) is 3.71. The van der Waals surface area contributed by atoms with Crippen LogP contribution in [-0.2, 0) is 4.79 Å². The van der Waals surface area contributed by atoms with Crippen molar-refractivity contribution >= 4 is 23.4 Å². The number of anilines is 1. The van der Waals surface area contributed by atoms with E-state index < -0.39 is 0 Å². The van der Waals surface area contributed by atoms with E-state index in [4.69, 9.17) is 10.5 Å². The molecule has 1 amide bonds. The highest BCUT2D eigenvalue weighted by Gasteiger charge is 2.05. The fraction of sp³-hybridized carbons (Fsp3) is 0.417. The molecule has 1 atom stereocenters. The zero-order chi connectivity index (χ0) is 12.7. The monoisotopic (exact) mass is 254 g/mol. The maximum Gasteiger partial charge on any atom is 0.257 e. The van der Waals surface area contributed by atoms with Gasteiger partial charge in [-0.25, -0.2) is 0 Å². The van der Waals surface area contributed by atoms with Gasteiger partial charge in [0.15, 0.2) is 6.61 Å². The predicted octanol–water partition coefficient (Wildman–Crippen LogP) is 1.52. The standard InChI is InChI=1S/C12H18N2O2S/c1-9(17-2)7-14-12(15)8-16-11-5-3-10(13)4-6-11/h3-6,9H,7-8,13H2,1-2H3,(H,14,15). The first-order valence-electron chi connectivity index (χ1n) is 5.39. The van der Waals surface area contributed by atoms with Crippen LogP contribution in [0.15, 0.2) is 24.3 Å². The molecule has 0 aromatic heterocycles. The van der Waals surface area contributed by atoms with E-state index >= 15 is 0 Å². The lowest BCUT2D eigenvalue weighted by Crippen LogP contribution is -2.33. The van der Waals surface area contributed by atoms with Crippen LogP contribution in [0.25, 0.3) is 0 Å². The summed E-state index contributed by atoms with van der Waals surface area (Å²) in [6, 6.07) is 6.96. The first-order chi connectivity index (χ1) is 8.11. The maximum atomic E-state index is 11.4. The van der Waals surface area contributed by atoms with Gasteiger partial charge in [-0.15, -0.1) is 0 Å². The number of carbonyl (C=O) groups excluding carboxylic acids is 1. The molecule has 0 aliphatic rings. The number of ether oxygens (including phenoxy) is 1. The van der Waals surface area contributed by atoms with Crippen LogP contribution in [0.3, 0.4) is 0 Å². The summed E-state index contributed by atoms with van der Waals surface area (Å²) in [4.78, 5) is 11.4.